The third-order valence-corrected chi connectivity index (χ3v) is 2.05. The molecule has 0 aliphatic heterocycles. The molecule has 1 heterocycles. The molecule has 0 radical (unpaired) electrons. The smallest absolute Gasteiger partial charge is 0.217 e. The first-order valence-corrected chi connectivity index (χ1v) is 4.44. The number of carbonyl (C=O) groups is 2. The van der Waals surface area contributed by atoms with Crippen LogP contribution in [0.4, 0.5) is 5.13 Å². The Bertz CT molecular complexity index is 323. The molecule has 0 saturated carbocycles. The molecule has 1 unspecified atom stereocenters. The summed E-state index contributed by atoms with van der Waals surface area (Å²) in [4.78, 5) is 25.1. The minimum atomic E-state index is -0.689. The van der Waals surface area contributed by atoms with E-state index in [9.17, 15) is 9.59 Å². The second-order valence-electron chi connectivity index (χ2n) is 2.42. The van der Waals surface area contributed by atoms with Crippen molar-refractivity contribution in [3.05, 3.63) is 11.1 Å². The van der Waals surface area contributed by atoms with Gasteiger partial charge >= 0.3 is 0 Å². The predicted molar refractivity (Wildman–Crippen MR) is 49.1 cm³/mol. The van der Waals surface area contributed by atoms with E-state index in [0.717, 1.165) is 0 Å². The standard InChI is InChI=1S/C7H9N3O2S/c1-4(12)9-5(2-11)6-3-13-7(8)10-6/h2-3,5H,1H3,(H2,8,10)(H,9,12). The van der Waals surface area contributed by atoms with Crippen LogP contribution in [0.3, 0.4) is 0 Å². The fourth-order valence-corrected chi connectivity index (χ4v) is 1.44. The van der Waals surface area contributed by atoms with Gasteiger partial charge in [0.05, 0.1) is 5.69 Å². The number of hydrogen-bond donors (Lipinski definition) is 2. The number of nitrogens with two attached hydrogens (primary N) is 1. The molecule has 0 spiro atoms. The van der Waals surface area contributed by atoms with Crippen LogP contribution in [0.2, 0.25) is 0 Å². The molecular weight excluding hydrogens is 190 g/mol. The highest BCUT2D eigenvalue weighted by Gasteiger charge is 2.13. The minimum absolute atomic E-state index is 0.274. The van der Waals surface area contributed by atoms with Crippen LogP contribution < -0.4 is 11.1 Å². The topological polar surface area (TPSA) is 85.1 Å². The molecule has 13 heavy (non-hydrogen) atoms. The Morgan fingerprint density at radius 2 is 2.54 bits per heavy atom. The molecule has 5 nitrogen and oxygen atoms in total. The van der Waals surface area contributed by atoms with Crippen molar-refractivity contribution in [2.45, 2.75) is 13.0 Å². The lowest BCUT2D eigenvalue weighted by Crippen LogP contribution is -2.27. The zero-order valence-corrected chi connectivity index (χ0v) is 7.80. The molecule has 6 heteroatoms. The van der Waals surface area contributed by atoms with Gasteiger partial charge < -0.3 is 15.8 Å². The maximum absolute atomic E-state index is 10.7. The summed E-state index contributed by atoms with van der Waals surface area (Å²) < 4.78 is 0. The Morgan fingerprint density at radius 3 is 2.92 bits per heavy atom. The second-order valence-corrected chi connectivity index (χ2v) is 3.31. The SMILES string of the molecule is CC(=O)NC(C=O)c1csc(N)n1. The van der Waals surface area contributed by atoms with Gasteiger partial charge in [0.15, 0.2) is 5.13 Å². The van der Waals surface area contributed by atoms with Gasteiger partial charge in [-0.25, -0.2) is 4.98 Å². The monoisotopic (exact) mass is 199 g/mol. The summed E-state index contributed by atoms with van der Waals surface area (Å²) in [6.45, 7) is 1.34. The van der Waals surface area contributed by atoms with E-state index in [4.69, 9.17) is 5.73 Å². The Morgan fingerprint density at radius 1 is 1.85 bits per heavy atom. The number of anilines is 1. The number of carbonyl (C=O) groups excluding carboxylic acids is 2. The first kappa shape index (κ1) is 9.66. The Balaban J connectivity index is 2.78. The Labute approximate surface area is 79.0 Å². The van der Waals surface area contributed by atoms with E-state index in [-0.39, 0.29) is 5.91 Å². The highest BCUT2D eigenvalue weighted by molar-refractivity contribution is 7.13. The third kappa shape index (κ3) is 2.51. The number of aromatic nitrogens is 1. The van der Waals surface area contributed by atoms with Gasteiger partial charge in [0.1, 0.15) is 12.3 Å². The quantitative estimate of drug-likeness (QED) is 0.676. The molecule has 1 aromatic rings. The maximum atomic E-state index is 10.7. The van der Waals surface area contributed by atoms with Crippen LogP contribution in [-0.2, 0) is 9.59 Å². The van der Waals surface area contributed by atoms with Crippen molar-refractivity contribution in [2.24, 2.45) is 0 Å². The third-order valence-electron chi connectivity index (χ3n) is 1.35. The average molecular weight is 199 g/mol. The molecule has 0 bridgehead atoms. The van der Waals surface area contributed by atoms with Crippen molar-refractivity contribution in [3.63, 3.8) is 0 Å². The number of amides is 1. The predicted octanol–water partition coefficient (Wildman–Crippen LogP) is 0.101. The van der Waals surface area contributed by atoms with Gasteiger partial charge in [-0.15, -0.1) is 11.3 Å². The van der Waals surface area contributed by atoms with Crippen LogP contribution in [0, 0.1) is 0 Å². The summed E-state index contributed by atoms with van der Waals surface area (Å²) in [5, 5.41) is 4.47. The number of nitrogens with one attached hydrogen (secondary N) is 1. The van der Waals surface area contributed by atoms with Gasteiger partial charge in [0, 0.05) is 12.3 Å². The second kappa shape index (κ2) is 3.99. The number of rotatable bonds is 3. The van der Waals surface area contributed by atoms with Crippen molar-refractivity contribution in [3.8, 4) is 0 Å². The number of hydrogen-bond acceptors (Lipinski definition) is 5. The number of thiazole rings is 1. The molecule has 70 valence electrons. The van der Waals surface area contributed by atoms with Crippen LogP contribution in [-0.4, -0.2) is 17.2 Å². The highest BCUT2D eigenvalue weighted by atomic mass is 32.1. The number of aldehydes is 1. The van der Waals surface area contributed by atoms with Crippen LogP contribution in [0.5, 0.6) is 0 Å². The molecular formula is C7H9N3O2S. The molecule has 0 saturated heterocycles. The lowest BCUT2D eigenvalue weighted by atomic mass is 10.2. The summed E-state index contributed by atoms with van der Waals surface area (Å²) in [6.07, 6.45) is 0.621. The first-order chi connectivity index (χ1) is 6.13. The largest absolute Gasteiger partial charge is 0.375 e. The normalized spacial score (nSPS) is 12.1. The zero-order valence-electron chi connectivity index (χ0n) is 6.98. The van der Waals surface area contributed by atoms with E-state index in [2.05, 4.69) is 10.3 Å². The summed E-state index contributed by atoms with van der Waals surface area (Å²) in [5.41, 5.74) is 5.86. The summed E-state index contributed by atoms with van der Waals surface area (Å²) in [5.74, 6) is -0.274. The van der Waals surface area contributed by atoms with Crippen LogP contribution >= 0.6 is 11.3 Å². The highest BCUT2D eigenvalue weighted by Crippen LogP contribution is 2.16. The van der Waals surface area contributed by atoms with Gasteiger partial charge in [-0.3, -0.25) is 4.79 Å². The molecule has 1 atom stereocenters. The van der Waals surface area contributed by atoms with Crippen molar-refractivity contribution < 1.29 is 9.59 Å². The van der Waals surface area contributed by atoms with Gasteiger partial charge in [-0.05, 0) is 0 Å². The Hall–Kier alpha value is -1.43. The van der Waals surface area contributed by atoms with Gasteiger partial charge in [-0.2, -0.15) is 0 Å². The molecule has 0 fully saturated rings. The fraction of sp³-hybridized carbons (Fsp3) is 0.286. The molecule has 0 aliphatic carbocycles. The lowest BCUT2D eigenvalue weighted by Gasteiger charge is -2.06. The lowest BCUT2D eigenvalue weighted by molar-refractivity contribution is -0.122. The van der Waals surface area contributed by atoms with Crippen LogP contribution in [0.1, 0.15) is 18.7 Å². The van der Waals surface area contributed by atoms with E-state index in [0.29, 0.717) is 17.1 Å². The molecule has 1 amide bonds. The van der Waals surface area contributed by atoms with Gasteiger partial charge in [-0.1, -0.05) is 0 Å². The maximum Gasteiger partial charge on any atom is 0.217 e. The van der Waals surface area contributed by atoms with Gasteiger partial charge in [0.25, 0.3) is 0 Å². The summed E-state index contributed by atoms with van der Waals surface area (Å²) >= 11 is 1.23. The van der Waals surface area contributed by atoms with Crippen molar-refractivity contribution in [1.82, 2.24) is 10.3 Å². The van der Waals surface area contributed by atoms with Gasteiger partial charge in [0.2, 0.25) is 5.91 Å². The summed E-state index contributed by atoms with van der Waals surface area (Å²) in [6, 6.07) is -0.689. The van der Waals surface area contributed by atoms with Crippen molar-refractivity contribution in [1.29, 1.82) is 0 Å². The van der Waals surface area contributed by atoms with E-state index >= 15 is 0 Å². The molecule has 3 N–H and O–H groups in total. The molecule has 1 rings (SSSR count). The molecule has 0 aromatic carbocycles. The van der Waals surface area contributed by atoms with Crippen molar-refractivity contribution >= 4 is 28.7 Å². The van der Waals surface area contributed by atoms with E-state index in [1.807, 2.05) is 0 Å². The number of nitrogens with zero attached hydrogens (tertiary/aromatic N) is 1. The molecule has 1 aromatic heterocycles. The number of nitrogen functional groups attached to an aromatic ring is 1. The Kier molecular flexibility index (Phi) is 2.97. The fourth-order valence-electron chi connectivity index (χ4n) is 0.840. The van der Waals surface area contributed by atoms with Crippen molar-refractivity contribution in [2.75, 3.05) is 5.73 Å². The average Bonchev–Trinajstić information content (AvgIpc) is 2.47. The first-order valence-electron chi connectivity index (χ1n) is 3.56. The summed E-state index contributed by atoms with van der Waals surface area (Å²) in [7, 11) is 0. The van der Waals surface area contributed by atoms with E-state index < -0.39 is 6.04 Å². The molecule has 0 aliphatic rings. The van der Waals surface area contributed by atoms with Crippen LogP contribution in [0.15, 0.2) is 5.38 Å². The van der Waals surface area contributed by atoms with E-state index in [1.165, 1.54) is 18.3 Å². The zero-order chi connectivity index (χ0) is 9.84. The van der Waals surface area contributed by atoms with E-state index in [1.54, 1.807) is 5.38 Å². The van der Waals surface area contributed by atoms with Crippen LogP contribution in [0.25, 0.3) is 0 Å². The minimum Gasteiger partial charge on any atom is -0.375 e.